The number of carbonyl (C=O) groups is 1. The zero-order valence-corrected chi connectivity index (χ0v) is 16.6. The zero-order valence-electron chi connectivity index (χ0n) is 15.8. The maximum atomic E-state index is 12.5. The Labute approximate surface area is 174 Å². The van der Waals surface area contributed by atoms with E-state index < -0.39 is 0 Å². The molecule has 0 radical (unpaired) electrons. The molecule has 0 aliphatic carbocycles. The van der Waals surface area contributed by atoms with Gasteiger partial charge < -0.3 is 10.2 Å². The van der Waals surface area contributed by atoms with E-state index in [2.05, 4.69) is 10.3 Å². The van der Waals surface area contributed by atoms with Crippen molar-refractivity contribution in [3.63, 3.8) is 0 Å². The fourth-order valence-corrected chi connectivity index (χ4v) is 3.27. The fourth-order valence-electron chi connectivity index (χ4n) is 3.09. The van der Waals surface area contributed by atoms with E-state index in [4.69, 9.17) is 16.6 Å². The summed E-state index contributed by atoms with van der Waals surface area (Å²) in [6.07, 6.45) is 0. The number of amides is 1. The van der Waals surface area contributed by atoms with Gasteiger partial charge in [-0.2, -0.15) is 0 Å². The van der Waals surface area contributed by atoms with E-state index in [1.807, 2.05) is 66.7 Å². The van der Waals surface area contributed by atoms with Gasteiger partial charge in [-0.05, 0) is 18.2 Å². The molecule has 1 aromatic heterocycles. The van der Waals surface area contributed by atoms with Gasteiger partial charge in [0.2, 0.25) is 11.9 Å². The highest BCUT2D eigenvalue weighted by molar-refractivity contribution is 6.33. The minimum atomic E-state index is -0.196. The van der Waals surface area contributed by atoms with Crippen LogP contribution >= 0.6 is 11.6 Å². The number of rotatable bonds is 5. The van der Waals surface area contributed by atoms with Crippen LogP contribution in [0.2, 0.25) is 5.02 Å². The van der Waals surface area contributed by atoms with Crippen molar-refractivity contribution in [3.8, 4) is 11.3 Å². The lowest BCUT2D eigenvalue weighted by molar-refractivity contribution is -0.114. The summed E-state index contributed by atoms with van der Waals surface area (Å²) >= 11 is 6.12. The summed E-state index contributed by atoms with van der Waals surface area (Å²) in [6.45, 7) is 0.0950. The van der Waals surface area contributed by atoms with Gasteiger partial charge in [-0.3, -0.25) is 4.79 Å². The minimum Gasteiger partial charge on any atom is -0.335 e. The zero-order chi connectivity index (χ0) is 20.2. The summed E-state index contributed by atoms with van der Waals surface area (Å²) in [6, 6.07) is 25.0. The number of nitrogens with zero attached hydrogens (tertiary/aromatic N) is 3. The van der Waals surface area contributed by atoms with Gasteiger partial charge in [0.05, 0.1) is 28.5 Å². The molecule has 0 saturated carbocycles. The van der Waals surface area contributed by atoms with Crippen LogP contribution in [0, 0.1) is 0 Å². The average molecular weight is 403 g/mol. The standard InChI is InChI=1S/C23H19ClN4O/c1-28(15-21(29)25-20-14-8-6-12-18(20)24)23-26-19-13-7-5-11-17(19)22(27-23)16-9-3-2-4-10-16/h2-14H,15H2,1H3,(H,25,29). The van der Waals surface area contributed by atoms with Crippen molar-refractivity contribution < 1.29 is 4.79 Å². The smallest absolute Gasteiger partial charge is 0.244 e. The lowest BCUT2D eigenvalue weighted by atomic mass is 10.1. The van der Waals surface area contributed by atoms with E-state index in [-0.39, 0.29) is 12.5 Å². The molecule has 0 spiro atoms. The predicted molar refractivity (Wildman–Crippen MR) is 118 cm³/mol. The van der Waals surface area contributed by atoms with Crippen molar-refractivity contribution >= 4 is 40.0 Å². The van der Waals surface area contributed by atoms with Crippen LogP contribution in [0.4, 0.5) is 11.6 Å². The summed E-state index contributed by atoms with van der Waals surface area (Å²) < 4.78 is 0. The van der Waals surface area contributed by atoms with E-state index in [0.717, 1.165) is 22.2 Å². The number of likely N-dealkylation sites (N-methyl/N-ethyl adjacent to an activating group) is 1. The highest BCUT2D eigenvalue weighted by Crippen LogP contribution is 2.28. The third-order valence-electron chi connectivity index (χ3n) is 4.51. The van der Waals surface area contributed by atoms with Crippen LogP contribution in [0.25, 0.3) is 22.2 Å². The van der Waals surface area contributed by atoms with Gasteiger partial charge in [0.15, 0.2) is 0 Å². The average Bonchev–Trinajstić information content (AvgIpc) is 2.75. The number of fused-ring (bicyclic) bond motifs is 1. The number of benzene rings is 3. The molecule has 0 atom stereocenters. The molecular formula is C23H19ClN4O. The second-order valence-corrected chi connectivity index (χ2v) is 7.05. The van der Waals surface area contributed by atoms with Gasteiger partial charge in [-0.1, -0.05) is 72.3 Å². The second-order valence-electron chi connectivity index (χ2n) is 6.64. The Morgan fingerprint density at radius 3 is 2.41 bits per heavy atom. The molecule has 0 bridgehead atoms. The lowest BCUT2D eigenvalue weighted by Gasteiger charge is -2.19. The van der Waals surface area contributed by atoms with E-state index >= 15 is 0 Å². The number of aromatic nitrogens is 2. The molecule has 4 aromatic rings. The first kappa shape index (κ1) is 18.9. The van der Waals surface area contributed by atoms with Crippen molar-refractivity contribution in [1.29, 1.82) is 0 Å². The normalized spacial score (nSPS) is 10.7. The Balaban J connectivity index is 1.63. The van der Waals surface area contributed by atoms with Gasteiger partial charge in [0.1, 0.15) is 0 Å². The van der Waals surface area contributed by atoms with Crippen LogP contribution in [-0.4, -0.2) is 29.5 Å². The number of hydrogen-bond acceptors (Lipinski definition) is 4. The molecule has 0 fully saturated rings. The molecule has 3 aromatic carbocycles. The summed E-state index contributed by atoms with van der Waals surface area (Å²) in [5.74, 6) is 0.287. The van der Waals surface area contributed by atoms with Gasteiger partial charge in [0, 0.05) is 18.0 Å². The highest BCUT2D eigenvalue weighted by Gasteiger charge is 2.15. The first-order valence-corrected chi connectivity index (χ1v) is 9.57. The van der Waals surface area contributed by atoms with Crippen LogP contribution < -0.4 is 10.2 Å². The third-order valence-corrected chi connectivity index (χ3v) is 4.84. The quantitative estimate of drug-likeness (QED) is 0.509. The Morgan fingerprint density at radius 2 is 1.62 bits per heavy atom. The van der Waals surface area contributed by atoms with Crippen LogP contribution in [0.1, 0.15) is 0 Å². The molecule has 1 heterocycles. The fraction of sp³-hybridized carbons (Fsp3) is 0.0870. The van der Waals surface area contributed by atoms with Crippen LogP contribution in [0.3, 0.4) is 0 Å². The van der Waals surface area contributed by atoms with Gasteiger partial charge in [-0.25, -0.2) is 9.97 Å². The molecular weight excluding hydrogens is 384 g/mol. The Bertz CT molecular complexity index is 1160. The second kappa shape index (κ2) is 8.29. The highest BCUT2D eigenvalue weighted by atomic mass is 35.5. The summed E-state index contributed by atoms with van der Waals surface area (Å²) in [5.41, 5.74) is 3.25. The number of halogens is 1. The molecule has 144 valence electrons. The summed E-state index contributed by atoms with van der Waals surface area (Å²) in [4.78, 5) is 23.6. The molecule has 4 rings (SSSR count). The first-order chi connectivity index (χ1) is 14.1. The van der Waals surface area contributed by atoms with Gasteiger partial charge >= 0.3 is 0 Å². The Hall–Kier alpha value is -3.44. The SMILES string of the molecule is CN(CC(=O)Nc1ccccc1Cl)c1nc(-c2ccccc2)c2ccccc2n1. The maximum Gasteiger partial charge on any atom is 0.244 e. The molecule has 0 aliphatic heterocycles. The number of anilines is 2. The van der Waals surface area contributed by atoms with Crippen LogP contribution in [0.15, 0.2) is 78.9 Å². The van der Waals surface area contributed by atoms with Crippen LogP contribution in [0.5, 0.6) is 0 Å². The molecule has 6 heteroatoms. The van der Waals surface area contributed by atoms with Crippen molar-refractivity contribution in [2.75, 3.05) is 23.8 Å². The molecule has 1 N–H and O–H groups in total. The Kier molecular flexibility index (Phi) is 5.40. The largest absolute Gasteiger partial charge is 0.335 e. The summed E-state index contributed by atoms with van der Waals surface area (Å²) in [7, 11) is 1.80. The molecule has 0 saturated heterocycles. The summed E-state index contributed by atoms with van der Waals surface area (Å²) in [5, 5.41) is 4.29. The van der Waals surface area contributed by atoms with E-state index in [1.54, 1.807) is 24.1 Å². The number of nitrogens with one attached hydrogen (secondary N) is 1. The van der Waals surface area contributed by atoms with Gasteiger partial charge in [0.25, 0.3) is 0 Å². The van der Waals surface area contributed by atoms with Crippen molar-refractivity contribution in [3.05, 3.63) is 83.9 Å². The molecule has 1 amide bonds. The number of para-hydroxylation sites is 2. The maximum absolute atomic E-state index is 12.5. The molecule has 0 unspecified atom stereocenters. The molecule has 5 nitrogen and oxygen atoms in total. The third kappa shape index (κ3) is 4.20. The Morgan fingerprint density at radius 1 is 0.931 bits per heavy atom. The lowest BCUT2D eigenvalue weighted by Crippen LogP contribution is -2.31. The van der Waals surface area contributed by atoms with Crippen molar-refractivity contribution in [2.24, 2.45) is 0 Å². The number of carbonyl (C=O) groups excluding carboxylic acids is 1. The minimum absolute atomic E-state index is 0.0950. The van der Waals surface area contributed by atoms with Crippen molar-refractivity contribution in [2.45, 2.75) is 0 Å². The first-order valence-electron chi connectivity index (χ1n) is 9.19. The van der Waals surface area contributed by atoms with E-state index in [1.165, 1.54) is 0 Å². The monoisotopic (exact) mass is 402 g/mol. The number of hydrogen-bond donors (Lipinski definition) is 1. The van der Waals surface area contributed by atoms with Crippen molar-refractivity contribution in [1.82, 2.24) is 9.97 Å². The topological polar surface area (TPSA) is 58.1 Å². The predicted octanol–water partition coefficient (Wildman–Crippen LogP) is 5.03. The molecule has 0 aliphatic rings. The molecule has 29 heavy (non-hydrogen) atoms. The van der Waals surface area contributed by atoms with Crippen LogP contribution in [-0.2, 0) is 4.79 Å². The van der Waals surface area contributed by atoms with Gasteiger partial charge in [-0.15, -0.1) is 0 Å². The van der Waals surface area contributed by atoms with E-state index in [0.29, 0.717) is 16.7 Å². The van der Waals surface area contributed by atoms with E-state index in [9.17, 15) is 4.79 Å².